The zero-order chi connectivity index (χ0) is 32.0. The zero-order valence-corrected chi connectivity index (χ0v) is 30.0. The second-order valence-corrected chi connectivity index (χ2v) is 14.0. The number of para-hydroxylation sites is 1. The molecule has 2 aromatic rings. The van der Waals surface area contributed by atoms with Crippen LogP contribution in [0.15, 0.2) is 59.5 Å². The molecular weight excluding hydrogens is 569 g/mol. The first-order valence-electron chi connectivity index (χ1n) is 18.9. The minimum Gasteiger partial charge on any atom is -0.493 e. The highest BCUT2D eigenvalue weighted by Gasteiger charge is 2.05. The van der Waals surface area contributed by atoms with E-state index in [9.17, 15) is 4.79 Å². The smallest absolute Gasteiger partial charge is 0.185 e. The fourth-order valence-corrected chi connectivity index (χ4v) is 6.72. The first-order chi connectivity index (χ1) is 22.2. The Morgan fingerprint density at radius 3 is 1.58 bits per heavy atom. The first-order valence-corrected chi connectivity index (χ1v) is 19.9. The Hall–Kier alpha value is -2.00. The molecule has 0 aliphatic carbocycles. The molecule has 0 aliphatic rings. The van der Waals surface area contributed by atoms with Gasteiger partial charge in [0, 0.05) is 16.0 Å². The lowest BCUT2D eigenvalue weighted by Crippen LogP contribution is -1.99. The van der Waals surface area contributed by atoms with Crippen LogP contribution in [0.3, 0.4) is 0 Å². The van der Waals surface area contributed by atoms with Crippen LogP contribution in [-0.4, -0.2) is 18.1 Å². The number of unbranched alkanes of at least 4 members (excludes halogenated alkanes) is 21. The Kier molecular flexibility index (Phi) is 24.6. The summed E-state index contributed by atoms with van der Waals surface area (Å²) in [6.07, 6.45) is 35.2. The molecule has 0 spiro atoms. The van der Waals surface area contributed by atoms with Crippen LogP contribution in [0.4, 0.5) is 0 Å². The molecule has 2 aromatic carbocycles. The van der Waals surface area contributed by atoms with E-state index in [1.54, 1.807) is 6.08 Å². The lowest BCUT2D eigenvalue weighted by Gasteiger charge is -2.09. The summed E-state index contributed by atoms with van der Waals surface area (Å²) in [7, 11) is 0. The molecule has 0 radical (unpaired) electrons. The summed E-state index contributed by atoms with van der Waals surface area (Å²) in [5.41, 5.74) is 1.69. The number of rotatable bonds is 30. The maximum Gasteiger partial charge on any atom is 0.185 e. The molecule has 252 valence electrons. The summed E-state index contributed by atoms with van der Waals surface area (Å²) >= 11 is 1.91. The van der Waals surface area contributed by atoms with Crippen LogP contribution in [0.2, 0.25) is 0 Å². The molecule has 0 unspecified atom stereocenters. The number of hydrogen-bond acceptors (Lipinski definition) is 3. The van der Waals surface area contributed by atoms with Crippen LogP contribution >= 0.6 is 11.8 Å². The third kappa shape index (κ3) is 20.7. The Morgan fingerprint density at radius 2 is 1.04 bits per heavy atom. The molecule has 0 saturated heterocycles. The Morgan fingerprint density at radius 1 is 0.578 bits per heavy atom. The molecule has 0 saturated carbocycles. The van der Waals surface area contributed by atoms with Gasteiger partial charge in [0.2, 0.25) is 0 Å². The van der Waals surface area contributed by atoms with Gasteiger partial charge in [-0.1, -0.05) is 167 Å². The lowest BCUT2D eigenvalue weighted by atomic mass is 10.0. The molecule has 0 heterocycles. The molecule has 45 heavy (non-hydrogen) atoms. The second kappa shape index (κ2) is 28.2. The van der Waals surface area contributed by atoms with Crippen molar-refractivity contribution in [3.8, 4) is 5.75 Å². The summed E-state index contributed by atoms with van der Waals surface area (Å²) in [6, 6.07) is 16.1. The van der Waals surface area contributed by atoms with Crippen molar-refractivity contribution in [2.45, 2.75) is 166 Å². The molecule has 0 fully saturated rings. The normalized spacial score (nSPS) is 11.4. The summed E-state index contributed by atoms with van der Waals surface area (Å²) < 4.78 is 5.99. The molecule has 2 nitrogen and oxygen atoms in total. The van der Waals surface area contributed by atoms with E-state index in [1.807, 2.05) is 54.2 Å². The van der Waals surface area contributed by atoms with Crippen LogP contribution in [-0.2, 0) is 0 Å². The van der Waals surface area contributed by atoms with Gasteiger partial charge in [0.25, 0.3) is 0 Å². The second-order valence-electron chi connectivity index (χ2n) is 12.9. The van der Waals surface area contributed by atoms with E-state index >= 15 is 0 Å². The monoisotopic (exact) mass is 634 g/mol. The van der Waals surface area contributed by atoms with Crippen LogP contribution in [0.25, 0.3) is 6.08 Å². The topological polar surface area (TPSA) is 26.3 Å². The minimum absolute atomic E-state index is 0.0306. The average molecular weight is 635 g/mol. The highest BCUT2D eigenvalue weighted by molar-refractivity contribution is 7.99. The predicted octanol–water partition coefficient (Wildman–Crippen LogP) is 14.1. The van der Waals surface area contributed by atoms with Gasteiger partial charge in [0.1, 0.15) is 5.75 Å². The molecule has 3 heteroatoms. The van der Waals surface area contributed by atoms with Crippen LogP contribution in [0.1, 0.15) is 177 Å². The highest BCUT2D eigenvalue weighted by atomic mass is 32.2. The van der Waals surface area contributed by atoms with Crippen molar-refractivity contribution in [2.75, 3.05) is 12.4 Å². The number of benzene rings is 2. The quantitative estimate of drug-likeness (QED) is 0.0370. The van der Waals surface area contributed by atoms with Crippen LogP contribution < -0.4 is 4.74 Å². The number of ketones is 1. The number of carbonyl (C=O) groups is 1. The minimum atomic E-state index is 0.0306. The number of carbonyl (C=O) groups excluding carboxylic acids is 1. The SMILES string of the molecule is CCCCCCCCCCCCCCCCCCCCCSc1ccc(C(=O)C=Cc2ccccc2OCCCCCC)cc1. The maximum atomic E-state index is 12.8. The van der Waals surface area contributed by atoms with Crippen molar-refractivity contribution in [2.24, 2.45) is 0 Å². The zero-order valence-electron chi connectivity index (χ0n) is 29.2. The summed E-state index contributed by atoms with van der Waals surface area (Å²) in [4.78, 5) is 14.0. The van der Waals surface area contributed by atoms with E-state index in [0.717, 1.165) is 35.7 Å². The van der Waals surface area contributed by atoms with Gasteiger partial charge in [-0.25, -0.2) is 0 Å². The fourth-order valence-electron chi connectivity index (χ4n) is 5.81. The Bertz CT molecular complexity index is 996. The molecule has 2 rings (SSSR count). The Balaban J connectivity index is 1.46. The van der Waals surface area contributed by atoms with E-state index in [0.29, 0.717) is 0 Å². The van der Waals surface area contributed by atoms with Gasteiger partial charge in [-0.05, 0) is 61.1 Å². The third-order valence-electron chi connectivity index (χ3n) is 8.74. The fraction of sp³-hybridized carbons (Fsp3) is 0.643. The van der Waals surface area contributed by atoms with Crippen molar-refractivity contribution in [3.05, 3.63) is 65.7 Å². The predicted molar refractivity (Wildman–Crippen MR) is 200 cm³/mol. The molecule has 0 atom stereocenters. The van der Waals surface area contributed by atoms with Crippen LogP contribution in [0.5, 0.6) is 5.75 Å². The molecule has 0 N–H and O–H groups in total. The number of thioether (sulfide) groups is 1. The van der Waals surface area contributed by atoms with Crippen molar-refractivity contribution < 1.29 is 9.53 Å². The summed E-state index contributed by atoms with van der Waals surface area (Å²) in [5.74, 6) is 2.03. The maximum absolute atomic E-state index is 12.8. The van der Waals surface area contributed by atoms with Crippen molar-refractivity contribution in [1.82, 2.24) is 0 Å². The largest absolute Gasteiger partial charge is 0.493 e. The Labute approximate surface area is 282 Å². The number of hydrogen-bond donors (Lipinski definition) is 0. The van der Waals surface area contributed by atoms with Gasteiger partial charge in [-0.2, -0.15) is 0 Å². The summed E-state index contributed by atoms with van der Waals surface area (Å²) in [6.45, 7) is 5.23. The molecule has 0 bridgehead atoms. The van der Waals surface area contributed by atoms with Gasteiger partial charge < -0.3 is 4.74 Å². The summed E-state index contributed by atoms with van der Waals surface area (Å²) in [5, 5.41) is 0. The van der Waals surface area contributed by atoms with Crippen molar-refractivity contribution in [3.63, 3.8) is 0 Å². The molecule has 0 aliphatic heterocycles. The van der Waals surface area contributed by atoms with Crippen molar-refractivity contribution in [1.29, 1.82) is 0 Å². The van der Waals surface area contributed by atoms with Gasteiger partial charge >= 0.3 is 0 Å². The number of ether oxygens (including phenoxy) is 1. The first kappa shape index (κ1) is 39.2. The van der Waals surface area contributed by atoms with Gasteiger partial charge in [0.05, 0.1) is 6.61 Å². The average Bonchev–Trinajstić information content (AvgIpc) is 3.07. The van der Waals surface area contributed by atoms with Crippen molar-refractivity contribution >= 4 is 23.6 Å². The molecule has 0 aromatic heterocycles. The van der Waals surface area contributed by atoms with Crippen LogP contribution in [0, 0.1) is 0 Å². The highest BCUT2D eigenvalue weighted by Crippen LogP contribution is 2.23. The third-order valence-corrected chi connectivity index (χ3v) is 9.84. The van der Waals surface area contributed by atoms with Gasteiger partial charge in [-0.15, -0.1) is 11.8 Å². The van der Waals surface area contributed by atoms with E-state index < -0.39 is 0 Å². The van der Waals surface area contributed by atoms with E-state index in [2.05, 4.69) is 26.0 Å². The van der Waals surface area contributed by atoms with Gasteiger partial charge in [0.15, 0.2) is 5.78 Å². The van der Waals surface area contributed by atoms with E-state index in [4.69, 9.17) is 4.74 Å². The number of allylic oxidation sites excluding steroid dienone is 1. The molecular formula is C42H66O2S. The van der Waals surface area contributed by atoms with Gasteiger partial charge in [-0.3, -0.25) is 4.79 Å². The molecule has 0 amide bonds. The standard InChI is InChI=1S/C42H66O2S/c1-3-5-7-9-10-11-12-13-14-15-16-17-18-19-20-21-22-23-27-37-45-40-33-30-38(31-34-40)41(43)35-32-39-28-24-25-29-42(39)44-36-26-8-6-4-2/h24-25,28-35H,3-23,26-27,36-37H2,1-2H3. The van der Waals surface area contributed by atoms with E-state index in [1.165, 1.54) is 146 Å². The lowest BCUT2D eigenvalue weighted by molar-refractivity contribution is 0.104. The van der Waals surface area contributed by atoms with E-state index in [-0.39, 0.29) is 5.78 Å².